The Morgan fingerprint density at radius 1 is 1.25 bits per heavy atom. The Kier molecular flexibility index (Phi) is 5.20. The molecule has 0 aliphatic rings. The lowest BCUT2D eigenvalue weighted by atomic mass is 10.2. The maximum absolute atomic E-state index is 9.01. The number of benzene rings is 1. The molecular formula is C15H19BrN2O2. The molecule has 1 N–H and O–H groups in total. The predicted octanol–water partition coefficient (Wildman–Crippen LogP) is 3.30. The van der Waals surface area contributed by atoms with Crippen LogP contribution in [-0.4, -0.2) is 14.9 Å². The minimum atomic E-state index is 0.0499. The van der Waals surface area contributed by atoms with Crippen LogP contribution in [0.2, 0.25) is 0 Å². The molecule has 5 heteroatoms. The molecule has 4 nitrogen and oxygen atoms in total. The van der Waals surface area contributed by atoms with Gasteiger partial charge in [0.2, 0.25) is 0 Å². The molecule has 0 atom stereocenters. The third-order valence-corrected chi connectivity index (χ3v) is 4.09. The average Bonchev–Trinajstić information content (AvgIpc) is 2.81. The van der Waals surface area contributed by atoms with E-state index in [2.05, 4.69) is 34.9 Å². The number of hydrogen-bond acceptors (Lipinski definition) is 3. The summed E-state index contributed by atoms with van der Waals surface area (Å²) >= 11 is 3.60. The van der Waals surface area contributed by atoms with Crippen LogP contribution in [0.1, 0.15) is 30.8 Å². The highest BCUT2D eigenvalue weighted by Gasteiger charge is 2.14. The molecule has 0 spiro atoms. The number of halogens is 1. The normalized spacial score (nSPS) is 10.8. The van der Waals surface area contributed by atoms with Gasteiger partial charge in [0, 0.05) is 6.54 Å². The van der Waals surface area contributed by atoms with E-state index in [1.54, 1.807) is 0 Å². The second-order valence-electron chi connectivity index (χ2n) is 4.47. The third kappa shape index (κ3) is 3.22. The molecule has 0 fully saturated rings. The minimum absolute atomic E-state index is 0.0499. The van der Waals surface area contributed by atoms with Gasteiger partial charge in [0.1, 0.15) is 12.4 Å². The summed E-state index contributed by atoms with van der Waals surface area (Å²) < 4.78 is 8.80. The minimum Gasteiger partial charge on any atom is -0.487 e. The molecule has 1 aromatic carbocycles. The lowest BCUT2D eigenvalue weighted by molar-refractivity contribution is 0.279. The molecule has 0 aliphatic carbocycles. The SMILES string of the molecule is CCc1nn(CC)c(COc2ccc(CO)cc2)c1Br. The van der Waals surface area contributed by atoms with E-state index >= 15 is 0 Å². The summed E-state index contributed by atoms with van der Waals surface area (Å²) in [6.07, 6.45) is 0.895. The van der Waals surface area contributed by atoms with Crippen molar-refractivity contribution in [1.82, 2.24) is 9.78 Å². The van der Waals surface area contributed by atoms with Crippen molar-refractivity contribution in [3.63, 3.8) is 0 Å². The molecule has 0 bridgehead atoms. The van der Waals surface area contributed by atoms with Crippen LogP contribution in [0, 0.1) is 0 Å². The van der Waals surface area contributed by atoms with Gasteiger partial charge in [-0.15, -0.1) is 0 Å². The molecule has 1 aromatic heterocycles. The summed E-state index contributed by atoms with van der Waals surface area (Å²) in [6, 6.07) is 7.46. The fourth-order valence-electron chi connectivity index (χ4n) is 2.00. The molecular weight excluding hydrogens is 320 g/mol. The topological polar surface area (TPSA) is 47.3 Å². The first-order valence-corrected chi connectivity index (χ1v) is 7.55. The van der Waals surface area contributed by atoms with Gasteiger partial charge in [-0.25, -0.2) is 0 Å². The summed E-state index contributed by atoms with van der Waals surface area (Å²) in [6.45, 7) is 5.50. The van der Waals surface area contributed by atoms with Crippen LogP contribution in [0.4, 0.5) is 0 Å². The smallest absolute Gasteiger partial charge is 0.131 e. The van der Waals surface area contributed by atoms with Crippen LogP contribution >= 0.6 is 15.9 Å². The number of aryl methyl sites for hydroxylation is 2. The lowest BCUT2D eigenvalue weighted by Crippen LogP contribution is -2.06. The van der Waals surface area contributed by atoms with Crippen molar-refractivity contribution in [3.8, 4) is 5.75 Å². The fraction of sp³-hybridized carbons (Fsp3) is 0.400. The van der Waals surface area contributed by atoms with Gasteiger partial charge in [0.05, 0.1) is 22.5 Å². The Morgan fingerprint density at radius 2 is 1.95 bits per heavy atom. The van der Waals surface area contributed by atoms with Gasteiger partial charge in [0.15, 0.2) is 0 Å². The van der Waals surface area contributed by atoms with Crippen LogP contribution in [-0.2, 0) is 26.2 Å². The standard InChI is InChI=1S/C15H19BrN2O2/c1-3-13-15(16)14(18(4-2)17-13)10-20-12-7-5-11(9-19)6-8-12/h5-8,19H,3-4,9-10H2,1-2H3. The molecule has 0 radical (unpaired) electrons. The molecule has 0 unspecified atom stereocenters. The van der Waals surface area contributed by atoms with Crippen LogP contribution in [0.3, 0.4) is 0 Å². The summed E-state index contributed by atoms with van der Waals surface area (Å²) in [4.78, 5) is 0. The Morgan fingerprint density at radius 3 is 2.50 bits per heavy atom. The third-order valence-electron chi connectivity index (χ3n) is 3.18. The maximum Gasteiger partial charge on any atom is 0.131 e. The Hall–Kier alpha value is -1.33. The van der Waals surface area contributed by atoms with Gasteiger partial charge in [0.25, 0.3) is 0 Å². The van der Waals surface area contributed by atoms with Crippen molar-refractivity contribution in [1.29, 1.82) is 0 Å². The molecule has 1 heterocycles. The van der Waals surface area contributed by atoms with Gasteiger partial charge >= 0.3 is 0 Å². The monoisotopic (exact) mass is 338 g/mol. The highest BCUT2D eigenvalue weighted by molar-refractivity contribution is 9.10. The number of aromatic nitrogens is 2. The zero-order chi connectivity index (χ0) is 14.5. The van der Waals surface area contributed by atoms with Crippen LogP contribution < -0.4 is 4.74 Å². The molecule has 108 valence electrons. The maximum atomic E-state index is 9.01. The fourth-order valence-corrected chi connectivity index (χ4v) is 2.68. The van der Waals surface area contributed by atoms with E-state index in [1.165, 1.54) is 0 Å². The highest BCUT2D eigenvalue weighted by atomic mass is 79.9. The van der Waals surface area contributed by atoms with E-state index < -0.39 is 0 Å². The predicted molar refractivity (Wildman–Crippen MR) is 81.7 cm³/mol. The number of aliphatic hydroxyl groups excluding tert-OH is 1. The number of rotatable bonds is 6. The van der Waals surface area contributed by atoms with E-state index in [1.807, 2.05) is 28.9 Å². The first-order valence-electron chi connectivity index (χ1n) is 6.76. The molecule has 2 aromatic rings. The molecule has 20 heavy (non-hydrogen) atoms. The average molecular weight is 339 g/mol. The van der Waals surface area contributed by atoms with Crippen molar-refractivity contribution >= 4 is 15.9 Å². The van der Waals surface area contributed by atoms with Crippen LogP contribution in [0.15, 0.2) is 28.7 Å². The van der Waals surface area contributed by atoms with Gasteiger partial charge in [-0.3, -0.25) is 4.68 Å². The second kappa shape index (κ2) is 6.90. The Balaban J connectivity index is 2.11. The van der Waals surface area contributed by atoms with Crippen LogP contribution in [0.5, 0.6) is 5.75 Å². The molecule has 0 aliphatic heterocycles. The molecule has 0 amide bonds. The van der Waals surface area contributed by atoms with E-state index in [9.17, 15) is 0 Å². The van der Waals surface area contributed by atoms with Gasteiger partial charge in [-0.1, -0.05) is 19.1 Å². The largest absolute Gasteiger partial charge is 0.487 e. The quantitative estimate of drug-likeness (QED) is 0.878. The van der Waals surface area contributed by atoms with Crippen molar-refractivity contribution in [2.75, 3.05) is 0 Å². The Labute approximate surface area is 127 Å². The first kappa shape index (κ1) is 15.1. The van der Waals surface area contributed by atoms with Crippen molar-refractivity contribution in [2.45, 2.75) is 40.0 Å². The van der Waals surface area contributed by atoms with E-state index in [4.69, 9.17) is 9.84 Å². The number of aliphatic hydroxyl groups is 1. The molecule has 0 saturated carbocycles. The second-order valence-corrected chi connectivity index (χ2v) is 5.26. The first-order chi connectivity index (χ1) is 9.69. The number of nitrogens with zero attached hydrogens (tertiary/aromatic N) is 2. The number of ether oxygens (including phenoxy) is 1. The van der Waals surface area contributed by atoms with Crippen molar-refractivity contribution < 1.29 is 9.84 Å². The Bertz CT molecular complexity index is 564. The zero-order valence-corrected chi connectivity index (χ0v) is 13.4. The molecule has 2 rings (SSSR count). The number of hydrogen-bond donors (Lipinski definition) is 1. The van der Waals surface area contributed by atoms with Gasteiger partial charge < -0.3 is 9.84 Å². The lowest BCUT2D eigenvalue weighted by Gasteiger charge is -2.09. The van der Waals surface area contributed by atoms with E-state index in [-0.39, 0.29) is 6.61 Å². The summed E-state index contributed by atoms with van der Waals surface area (Å²) in [7, 11) is 0. The highest BCUT2D eigenvalue weighted by Crippen LogP contribution is 2.24. The van der Waals surface area contributed by atoms with E-state index in [0.717, 1.165) is 40.1 Å². The summed E-state index contributed by atoms with van der Waals surface area (Å²) in [5.41, 5.74) is 2.99. The molecule has 0 saturated heterocycles. The van der Waals surface area contributed by atoms with Crippen molar-refractivity contribution in [2.24, 2.45) is 0 Å². The van der Waals surface area contributed by atoms with Gasteiger partial charge in [-0.2, -0.15) is 5.10 Å². The zero-order valence-electron chi connectivity index (χ0n) is 11.8. The summed E-state index contributed by atoms with van der Waals surface area (Å²) in [5, 5.41) is 13.6. The summed E-state index contributed by atoms with van der Waals surface area (Å²) in [5.74, 6) is 0.788. The van der Waals surface area contributed by atoms with Crippen LogP contribution in [0.25, 0.3) is 0 Å². The van der Waals surface area contributed by atoms with Crippen molar-refractivity contribution in [3.05, 3.63) is 45.7 Å². The van der Waals surface area contributed by atoms with Gasteiger partial charge in [-0.05, 0) is 47.0 Å². The van der Waals surface area contributed by atoms with E-state index in [0.29, 0.717) is 6.61 Å².